The van der Waals surface area contributed by atoms with Crippen molar-refractivity contribution >= 4 is 39.1 Å². The molecule has 0 spiro atoms. The number of aryl methyl sites for hydroxylation is 1. The van der Waals surface area contributed by atoms with Crippen molar-refractivity contribution in [2.45, 2.75) is 64.1 Å². The van der Waals surface area contributed by atoms with Gasteiger partial charge in [0, 0.05) is 24.0 Å². The maximum Gasteiger partial charge on any atom is 0.264 e. The molecule has 0 unspecified atom stereocenters. The molecule has 0 radical (unpaired) electrons. The third kappa shape index (κ3) is 8.53. The summed E-state index contributed by atoms with van der Waals surface area (Å²) in [5.74, 6) is -1.43. The van der Waals surface area contributed by atoms with Crippen molar-refractivity contribution in [2.75, 3.05) is 10.8 Å². The molecule has 0 saturated heterocycles. The Kier molecular flexibility index (Phi) is 11.6. The minimum Gasteiger partial charge on any atom is -0.352 e. The second-order valence-electron chi connectivity index (χ2n) is 11.4. The number of carbonyl (C=O) groups excluding carboxylic acids is 2. The summed E-state index contributed by atoms with van der Waals surface area (Å²) in [7, 11) is -4.27. The molecule has 4 aromatic carbocycles. The van der Waals surface area contributed by atoms with Gasteiger partial charge in [0.1, 0.15) is 18.4 Å². The summed E-state index contributed by atoms with van der Waals surface area (Å²) in [6, 6.07) is 25.0. The van der Waals surface area contributed by atoms with Gasteiger partial charge in [0.2, 0.25) is 11.8 Å². The fraction of sp³-hybridized carbons (Fsp3) is 0.278. The van der Waals surface area contributed by atoms with E-state index in [-0.39, 0.29) is 35.5 Å². The van der Waals surface area contributed by atoms with Gasteiger partial charge in [0.05, 0.1) is 10.6 Å². The van der Waals surface area contributed by atoms with Crippen molar-refractivity contribution in [3.63, 3.8) is 0 Å². The molecule has 1 N–H and O–H groups in total. The van der Waals surface area contributed by atoms with E-state index in [0.717, 1.165) is 15.4 Å². The molecule has 0 heterocycles. The van der Waals surface area contributed by atoms with Crippen LogP contribution in [0.1, 0.15) is 42.5 Å². The first-order valence-electron chi connectivity index (χ1n) is 15.1. The number of sulfonamides is 1. The van der Waals surface area contributed by atoms with Gasteiger partial charge in [-0.2, -0.15) is 0 Å². The molecule has 0 bridgehead atoms. The van der Waals surface area contributed by atoms with Gasteiger partial charge in [-0.05, 0) is 80.3 Å². The smallest absolute Gasteiger partial charge is 0.264 e. The van der Waals surface area contributed by atoms with Gasteiger partial charge in [-0.3, -0.25) is 13.9 Å². The molecule has 2 atom stereocenters. The molecule has 46 heavy (non-hydrogen) atoms. The number of nitrogens with one attached hydrogen (secondary N) is 1. The van der Waals surface area contributed by atoms with Crippen LogP contribution in [0.3, 0.4) is 0 Å². The average molecular weight is 664 g/mol. The minimum atomic E-state index is -4.27. The van der Waals surface area contributed by atoms with Crippen molar-refractivity contribution in [3.05, 3.63) is 130 Å². The predicted octanol–water partition coefficient (Wildman–Crippen LogP) is 6.85. The van der Waals surface area contributed by atoms with Gasteiger partial charge in [-0.15, -0.1) is 0 Å². The minimum absolute atomic E-state index is 0.00529. The summed E-state index contributed by atoms with van der Waals surface area (Å²) < 4.78 is 43.4. The highest BCUT2D eigenvalue weighted by Crippen LogP contribution is 2.31. The van der Waals surface area contributed by atoms with E-state index in [1.807, 2.05) is 51.1 Å². The summed E-state index contributed by atoms with van der Waals surface area (Å²) in [5.41, 5.74) is 3.00. The zero-order valence-electron chi connectivity index (χ0n) is 26.4. The normalized spacial score (nSPS) is 12.7. The topological polar surface area (TPSA) is 86.8 Å². The third-order valence-corrected chi connectivity index (χ3v) is 10.1. The molecular formula is C36H39ClFN3O4S. The molecule has 0 fully saturated rings. The van der Waals surface area contributed by atoms with Crippen molar-refractivity contribution in [1.82, 2.24) is 10.2 Å². The van der Waals surface area contributed by atoms with E-state index in [1.165, 1.54) is 29.2 Å². The first kappa shape index (κ1) is 34.7. The number of nitrogens with zero attached hydrogens (tertiary/aromatic N) is 2. The van der Waals surface area contributed by atoms with E-state index in [0.29, 0.717) is 22.6 Å². The van der Waals surface area contributed by atoms with E-state index < -0.39 is 34.3 Å². The van der Waals surface area contributed by atoms with E-state index in [4.69, 9.17) is 11.6 Å². The molecule has 242 valence electrons. The molecule has 0 aromatic heterocycles. The van der Waals surface area contributed by atoms with Crippen molar-refractivity contribution in [3.8, 4) is 0 Å². The number of benzene rings is 4. The lowest BCUT2D eigenvalue weighted by molar-refractivity contribution is -0.140. The largest absolute Gasteiger partial charge is 0.352 e. The number of hydrogen-bond acceptors (Lipinski definition) is 4. The summed E-state index contributed by atoms with van der Waals surface area (Å²) in [6.45, 7) is 6.69. The molecular weight excluding hydrogens is 625 g/mol. The maximum absolute atomic E-state index is 14.6. The van der Waals surface area contributed by atoms with E-state index >= 15 is 0 Å². The Labute approximate surface area is 276 Å². The van der Waals surface area contributed by atoms with Crippen LogP contribution >= 0.6 is 11.6 Å². The summed E-state index contributed by atoms with van der Waals surface area (Å²) in [4.78, 5) is 29.8. The molecule has 0 aliphatic rings. The number of hydrogen-bond donors (Lipinski definition) is 1. The van der Waals surface area contributed by atoms with E-state index in [1.54, 1.807) is 49.4 Å². The lowest BCUT2D eigenvalue weighted by Crippen LogP contribution is -2.54. The van der Waals surface area contributed by atoms with Crippen LogP contribution in [0.4, 0.5) is 10.1 Å². The lowest BCUT2D eigenvalue weighted by Gasteiger charge is -2.34. The number of halogens is 2. The summed E-state index contributed by atoms with van der Waals surface area (Å²) >= 11 is 6.44. The highest BCUT2D eigenvalue weighted by atomic mass is 35.5. The van der Waals surface area contributed by atoms with Crippen molar-refractivity contribution in [1.29, 1.82) is 0 Å². The highest BCUT2D eigenvalue weighted by molar-refractivity contribution is 7.92. The molecule has 10 heteroatoms. The van der Waals surface area contributed by atoms with E-state index in [2.05, 4.69) is 5.32 Å². The Balaban J connectivity index is 1.83. The molecule has 4 rings (SSSR count). The standard InChI is InChI=1S/C36H39ClFN3O4S/c1-5-26(3)39-36(43)34(22-28-10-7-6-8-11-28)40(23-29-16-18-30(38)19-17-29)35(42)24-41(33-13-9-12-32(37)27(33)4)46(44,45)31-20-14-25(2)15-21-31/h6-21,26,34H,5,22-24H2,1-4H3,(H,39,43)/t26-,34+/m1/s1. The first-order chi connectivity index (χ1) is 21.9. The molecule has 4 aromatic rings. The van der Waals surface area contributed by atoms with Gasteiger partial charge in [-0.25, -0.2) is 12.8 Å². The Bertz CT molecular complexity index is 1750. The van der Waals surface area contributed by atoms with Crippen LogP contribution in [0.15, 0.2) is 102 Å². The fourth-order valence-electron chi connectivity index (χ4n) is 5.00. The van der Waals surface area contributed by atoms with Gasteiger partial charge in [-0.1, -0.05) is 84.8 Å². The van der Waals surface area contributed by atoms with Crippen LogP contribution in [0.2, 0.25) is 5.02 Å². The van der Waals surface area contributed by atoms with Crippen LogP contribution in [0.5, 0.6) is 0 Å². The number of rotatable bonds is 13. The molecule has 0 saturated carbocycles. The number of anilines is 1. The SMILES string of the molecule is CC[C@@H](C)NC(=O)[C@H](Cc1ccccc1)N(Cc1ccc(F)cc1)C(=O)CN(c1cccc(Cl)c1C)S(=O)(=O)c1ccc(C)cc1. The van der Waals surface area contributed by atoms with E-state index in [9.17, 15) is 22.4 Å². The molecule has 0 aliphatic carbocycles. The van der Waals surface area contributed by atoms with Crippen molar-refractivity contribution in [2.24, 2.45) is 0 Å². The molecule has 0 aliphatic heterocycles. The van der Waals surface area contributed by atoms with Gasteiger partial charge in [0.25, 0.3) is 10.0 Å². The Morgan fingerprint density at radius 2 is 1.52 bits per heavy atom. The van der Waals surface area contributed by atoms with Crippen LogP contribution in [0.25, 0.3) is 0 Å². The van der Waals surface area contributed by atoms with Crippen LogP contribution in [0, 0.1) is 19.7 Å². The fourth-order valence-corrected chi connectivity index (χ4v) is 6.64. The van der Waals surface area contributed by atoms with Crippen LogP contribution in [-0.4, -0.2) is 43.8 Å². The van der Waals surface area contributed by atoms with Crippen LogP contribution in [-0.2, 0) is 32.6 Å². The van der Waals surface area contributed by atoms with Gasteiger partial charge >= 0.3 is 0 Å². The monoisotopic (exact) mass is 663 g/mol. The average Bonchev–Trinajstić information content (AvgIpc) is 3.04. The zero-order chi connectivity index (χ0) is 33.4. The predicted molar refractivity (Wildman–Crippen MR) is 181 cm³/mol. The zero-order valence-corrected chi connectivity index (χ0v) is 28.0. The first-order valence-corrected chi connectivity index (χ1v) is 16.9. The Morgan fingerprint density at radius 3 is 2.15 bits per heavy atom. The van der Waals surface area contributed by atoms with Crippen LogP contribution < -0.4 is 9.62 Å². The molecule has 7 nitrogen and oxygen atoms in total. The number of carbonyl (C=O) groups is 2. The number of amides is 2. The second kappa shape index (κ2) is 15.4. The quantitative estimate of drug-likeness (QED) is 0.170. The third-order valence-electron chi connectivity index (χ3n) is 7.93. The van der Waals surface area contributed by atoms with Gasteiger partial charge < -0.3 is 10.2 Å². The summed E-state index contributed by atoms with van der Waals surface area (Å²) in [6.07, 6.45) is 0.850. The highest BCUT2D eigenvalue weighted by Gasteiger charge is 2.35. The van der Waals surface area contributed by atoms with Crippen molar-refractivity contribution < 1.29 is 22.4 Å². The summed E-state index contributed by atoms with van der Waals surface area (Å²) in [5, 5.41) is 3.34. The lowest BCUT2D eigenvalue weighted by atomic mass is 10.0. The van der Waals surface area contributed by atoms with Gasteiger partial charge in [0.15, 0.2) is 0 Å². The Hall–Kier alpha value is -4.21. The maximum atomic E-state index is 14.6. The Morgan fingerprint density at radius 1 is 0.870 bits per heavy atom. The second-order valence-corrected chi connectivity index (χ2v) is 13.6. The molecule has 2 amide bonds.